The van der Waals surface area contributed by atoms with Gasteiger partial charge in [-0.05, 0) is 51.2 Å². The lowest BCUT2D eigenvalue weighted by Crippen LogP contribution is -2.49. The van der Waals surface area contributed by atoms with Crippen LogP contribution in [0.5, 0.6) is 0 Å². The molecule has 8 heteroatoms. The Hall–Kier alpha value is -4.12. The summed E-state index contributed by atoms with van der Waals surface area (Å²) >= 11 is 0. The van der Waals surface area contributed by atoms with Crippen molar-refractivity contribution in [2.75, 3.05) is 12.3 Å². The molecule has 2 saturated carbocycles. The average molecular weight is 466 g/mol. The van der Waals surface area contributed by atoms with Gasteiger partial charge in [-0.3, -0.25) is 4.98 Å². The summed E-state index contributed by atoms with van der Waals surface area (Å²) in [6.45, 7) is 2.51. The maximum absolute atomic E-state index is 12.4. The van der Waals surface area contributed by atoms with E-state index < -0.39 is 0 Å². The molecule has 176 valence electrons. The Morgan fingerprint density at radius 1 is 1.20 bits per heavy atom. The first-order chi connectivity index (χ1) is 17.0. The van der Waals surface area contributed by atoms with Crippen LogP contribution in [0.4, 0.5) is 10.6 Å². The van der Waals surface area contributed by atoms with Crippen LogP contribution in [0.3, 0.4) is 0 Å². The van der Waals surface area contributed by atoms with Crippen LogP contribution in [0.25, 0.3) is 33.1 Å². The lowest BCUT2D eigenvalue weighted by molar-refractivity contribution is 0.224. The van der Waals surface area contributed by atoms with Gasteiger partial charge in [0, 0.05) is 40.3 Å². The third-order valence-electron chi connectivity index (χ3n) is 7.79. The van der Waals surface area contributed by atoms with Crippen LogP contribution in [0.1, 0.15) is 44.7 Å². The monoisotopic (exact) mass is 465 g/mol. The number of anilines is 1. The molecule has 0 spiro atoms. The number of para-hydroxylation sites is 1. The van der Waals surface area contributed by atoms with Crippen molar-refractivity contribution in [1.82, 2.24) is 30.2 Å². The Kier molecular flexibility index (Phi) is 4.71. The van der Waals surface area contributed by atoms with Crippen molar-refractivity contribution >= 4 is 33.8 Å². The highest BCUT2D eigenvalue weighted by Crippen LogP contribution is 2.57. The molecule has 3 heterocycles. The zero-order valence-corrected chi connectivity index (χ0v) is 19.6. The smallest absolute Gasteiger partial charge is 0.315 e. The van der Waals surface area contributed by atoms with Crippen LogP contribution < -0.4 is 16.4 Å². The number of fused-ring (bicyclic) bond motifs is 4. The van der Waals surface area contributed by atoms with Crippen LogP contribution in [0.2, 0.25) is 0 Å². The number of nitrogen functional groups attached to an aromatic ring is 1. The minimum absolute atomic E-state index is 0.116. The Balaban J connectivity index is 1.54. The molecule has 0 radical (unpaired) electrons. The van der Waals surface area contributed by atoms with Crippen LogP contribution in [-0.4, -0.2) is 37.6 Å². The summed E-state index contributed by atoms with van der Waals surface area (Å²) < 4.78 is 2.21. The molecule has 2 amide bonds. The Labute approximate surface area is 203 Å². The third kappa shape index (κ3) is 3.15. The predicted molar refractivity (Wildman–Crippen MR) is 137 cm³/mol. The molecule has 2 aliphatic rings. The Bertz CT molecular complexity index is 1520. The zero-order chi connectivity index (χ0) is 24.2. The van der Waals surface area contributed by atoms with Gasteiger partial charge in [0.05, 0.1) is 10.9 Å². The second-order valence-corrected chi connectivity index (χ2v) is 9.74. The van der Waals surface area contributed by atoms with Gasteiger partial charge in [0.25, 0.3) is 0 Å². The van der Waals surface area contributed by atoms with E-state index in [-0.39, 0.29) is 17.1 Å². The SMILES string of the molecule is C#Cc1c(-c2cnc3ccccc3c2)c2c(N)ncnc2n1C12CCC(NC(=O)NCC)(CC1)C2. The summed E-state index contributed by atoms with van der Waals surface area (Å²) in [7, 11) is 0. The zero-order valence-electron chi connectivity index (χ0n) is 19.6. The van der Waals surface area contributed by atoms with Crippen LogP contribution >= 0.6 is 0 Å². The van der Waals surface area contributed by atoms with Gasteiger partial charge in [-0.25, -0.2) is 14.8 Å². The molecule has 0 saturated heterocycles. The summed E-state index contributed by atoms with van der Waals surface area (Å²) in [4.78, 5) is 26.0. The predicted octanol–water partition coefficient (Wildman–Crippen LogP) is 3.94. The first kappa shape index (κ1) is 21.4. The highest BCUT2D eigenvalue weighted by atomic mass is 16.2. The summed E-state index contributed by atoms with van der Waals surface area (Å²) in [5, 5.41) is 7.90. The molecule has 2 fully saturated rings. The van der Waals surface area contributed by atoms with Crippen molar-refractivity contribution in [2.45, 2.75) is 50.1 Å². The number of benzene rings is 1. The van der Waals surface area contributed by atoms with E-state index >= 15 is 0 Å². The topological polar surface area (TPSA) is 111 Å². The quantitative estimate of drug-likeness (QED) is 0.396. The normalized spacial score (nSPS) is 23.0. The number of nitrogens with one attached hydrogen (secondary N) is 2. The summed E-state index contributed by atoms with van der Waals surface area (Å²) in [5.74, 6) is 3.36. The number of pyridine rings is 1. The number of hydrogen-bond donors (Lipinski definition) is 3. The number of terminal acetylenes is 1. The number of urea groups is 1. The van der Waals surface area contributed by atoms with E-state index in [1.165, 1.54) is 6.33 Å². The van der Waals surface area contributed by atoms with Crippen LogP contribution in [0.15, 0.2) is 42.9 Å². The molecule has 0 unspecified atom stereocenters. The lowest BCUT2D eigenvalue weighted by Gasteiger charge is -2.30. The van der Waals surface area contributed by atoms with Crippen LogP contribution in [0, 0.1) is 12.3 Å². The van der Waals surface area contributed by atoms with E-state index in [9.17, 15) is 4.79 Å². The van der Waals surface area contributed by atoms with Gasteiger partial charge < -0.3 is 20.9 Å². The number of nitrogens with zero attached hydrogens (tertiary/aromatic N) is 4. The van der Waals surface area contributed by atoms with E-state index in [0.29, 0.717) is 12.4 Å². The maximum Gasteiger partial charge on any atom is 0.315 e. The third-order valence-corrected chi connectivity index (χ3v) is 7.79. The van der Waals surface area contributed by atoms with Crippen molar-refractivity contribution in [3.05, 3.63) is 48.5 Å². The molecule has 4 aromatic rings. The van der Waals surface area contributed by atoms with Crippen molar-refractivity contribution in [1.29, 1.82) is 0 Å². The largest absolute Gasteiger partial charge is 0.383 e. The number of amides is 2. The first-order valence-electron chi connectivity index (χ1n) is 12.0. The van der Waals surface area contributed by atoms with Gasteiger partial charge >= 0.3 is 6.03 Å². The molecule has 35 heavy (non-hydrogen) atoms. The van der Waals surface area contributed by atoms with E-state index in [4.69, 9.17) is 12.2 Å². The summed E-state index contributed by atoms with van der Waals surface area (Å²) in [5.41, 5.74) is 10.1. The van der Waals surface area contributed by atoms with Crippen molar-refractivity contribution in [3.8, 4) is 23.5 Å². The molecule has 2 aliphatic carbocycles. The van der Waals surface area contributed by atoms with Gasteiger partial charge in [0.1, 0.15) is 23.5 Å². The lowest BCUT2D eigenvalue weighted by atomic mass is 9.90. The molecule has 3 aromatic heterocycles. The molecule has 1 aromatic carbocycles. The van der Waals surface area contributed by atoms with Gasteiger partial charge in [-0.15, -0.1) is 6.42 Å². The Morgan fingerprint density at radius 3 is 2.77 bits per heavy atom. The van der Waals surface area contributed by atoms with E-state index in [2.05, 4.69) is 42.1 Å². The number of rotatable bonds is 4. The molecule has 8 nitrogen and oxygen atoms in total. The highest BCUT2D eigenvalue weighted by molar-refractivity contribution is 6.04. The molecule has 4 N–H and O–H groups in total. The fraction of sp³-hybridized carbons (Fsp3) is 0.333. The van der Waals surface area contributed by atoms with Gasteiger partial charge in [-0.2, -0.15) is 0 Å². The van der Waals surface area contributed by atoms with Crippen molar-refractivity contribution in [3.63, 3.8) is 0 Å². The van der Waals surface area contributed by atoms with Crippen molar-refractivity contribution in [2.24, 2.45) is 0 Å². The van der Waals surface area contributed by atoms with Gasteiger partial charge in [0.15, 0.2) is 0 Å². The minimum atomic E-state index is -0.247. The summed E-state index contributed by atoms with van der Waals surface area (Å²) in [6.07, 6.45) is 13.9. The van der Waals surface area contributed by atoms with E-state index in [0.717, 1.165) is 70.9 Å². The maximum atomic E-state index is 12.4. The minimum Gasteiger partial charge on any atom is -0.383 e. The standard InChI is InChI=1S/C27H27N7O/c1-3-20-21(18-13-17-7-5-6-8-19(17)30-14-18)22-23(28)31-16-32-24(22)34(20)27-11-9-26(15-27,10-12-27)33-25(35)29-4-2/h1,5-8,13-14,16H,4,9-12,15H2,2H3,(H2,28,31,32)(H2,29,33,35). The second kappa shape index (κ2) is 7.70. The molecule has 0 aliphatic heterocycles. The van der Waals surface area contributed by atoms with Gasteiger partial charge in [-0.1, -0.05) is 24.1 Å². The Morgan fingerprint density at radius 2 is 2.00 bits per heavy atom. The number of nitrogens with two attached hydrogens (primary N) is 1. The number of aromatic nitrogens is 4. The van der Waals surface area contributed by atoms with Crippen LogP contribution in [-0.2, 0) is 5.54 Å². The van der Waals surface area contributed by atoms with E-state index in [1.54, 1.807) is 0 Å². The number of carbonyl (C=O) groups is 1. The highest BCUT2D eigenvalue weighted by Gasteiger charge is 2.57. The molecular weight excluding hydrogens is 438 g/mol. The summed E-state index contributed by atoms with van der Waals surface area (Å²) in [6, 6.07) is 9.97. The second-order valence-electron chi connectivity index (χ2n) is 9.74. The molecule has 0 atom stereocenters. The van der Waals surface area contributed by atoms with E-state index in [1.807, 2.05) is 37.4 Å². The van der Waals surface area contributed by atoms with Gasteiger partial charge in [0.2, 0.25) is 0 Å². The molecular formula is C27H27N7O. The number of hydrogen-bond acceptors (Lipinski definition) is 5. The fourth-order valence-corrected chi connectivity index (χ4v) is 6.32. The van der Waals surface area contributed by atoms with Crippen molar-refractivity contribution < 1.29 is 4.79 Å². The fourth-order valence-electron chi connectivity index (χ4n) is 6.32. The average Bonchev–Trinajstić information content (AvgIpc) is 3.52. The number of carbonyl (C=O) groups excluding carboxylic acids is 1. The first-order valence-corrected chi connectivity index (χ1v) is 12.0. The molecule has 6 rings (SSSR count). The molecule has 2 bridgehead atoms.